The second-order valence-electron chi connectivity index (χ2n) is 2.76. The molecule has 0 aliphatic carbocycles. The number of halogens is 3. The van der Waals surface area contributed by atoms with Crippen molar-refractivity contribution in [2.24, 2.45) is 0 Å². The minimum Gasteiger partial charge on any atom is -0.298 e. The van der Waals surface area contributed by atoms with Crippen molar-refractivity contribution in [3.05, 3.63) is 11.6 Å². The van der Waals surface area contributed by atoms with Crippen LogP contribution >= 0.6 is 0 Å². The van der Waals surface area contributed by atoms with Gasteiger partial charge in [-0.2, -0.15) is 13.2 Å². The summed E-state index contributed by atoms with van der Waals surface area (Å²) < 4.78 is 37.6. The fourth-order valence-electron chi connectivity index (χ4n) is 1.19. The number of fused-ring (bicyclic) bond motifs is 1. The van der Waals surface area contributed by atoms with Crippen LogP contribution in [0.2, 0.25) is 0 Å². The molecular formula is C6H7F3N4. The van der Waals surface area contributed by atoms with E-state index in [0.29, 0.717) is 25.5 Å². The molecule has 4 nitrogen and oxygen atoms in total. The van der Waals surface area contributed by atoms with E-state index in [1.54, 1.807) is 0 Å². The van der Waals surface area contributed by atoms with E-state index in [2.05, 4.69) is 15.4 Å². The first-order valence-electron chi connectivity index (χ1n) is 3.79. The average Bonchev–Trinajstić information content (AvgIpc) is 2.45. The van der Waals surface area contributed by atoms with Gasteiger partial charge in [-0.1, -0.05) is 0 Å². The van der Waals surface area contributed by atoms with Gasteiger partial charge in [-0.3, -0.25) is 5.32 Å². The molecule has 0 spiro atoms. The van der Waals surface area contributed by atoms with Crippen molar-refractivity contribution < 1.29 is 13.2 Å². The van der Waals surface area contributed by atoms with Crippen molar-refractivity contribution in [3.8, 4) is 0 Å². The molecule has 0 radical (unpaired) electrons. The minimum absolute atomic E-state index is 0.304. The number of rotatable bonds is 0. The van der Waals surface area contributed by atoms with Crippen LogP contribution in [0.5, 0.6) is 0 Å². The van der Waals surface area contributed by atoms with Gasteiger partial charge in [0.15, 0.2) is 0 Å². The van der Waals surface area contributed by atoms with Crippen LogP contribution in [-0.4, -0.2) is 21.3 Å². The van der Waals surface area contributed by atoms with E-state index in [1.165, 1.54) is 4.68 Å². The number of hydrogen-bond donors (Lipinski definition) is 1. The van der Waals surface area contributed by atoms with E-state index >= 15 is 0 Å². The molecule has 13 heavy (non-hydrogen) atoms. The zero-order valence-electron chi connectivity index (χ0n) is 6.60. The molecule has 7 heteroatoms. The van der Waals surface area contributed by atoms with Gasteiger partial charge in [0.05, 0.1) is 6.67 Å². The first-order valence-corrected chi connectivity index (χ1v) is 3.79. The van der Waals surface area contributed by atoms with Gasteiger partial charge in [0.1, 0.15) is 5.82 Å². The fraction of sp³-hybridized carbons (Fsp3) is 0.667. The second kappa shape index (κ2) is 2.69. The zero-order valence-corrected chi connectivity index (χ0v) is 6.60. The van der Waals surface area contributed by atoms with Crippen molar-refractivity contribution in [2.45, 2.75) is 19.3 Å². The van der Waals surface area contributed by atoms with E-state index in [4.69, 9.17) is 0 Å². The van der Waals surface area contributed by atoms with Crippen LogP contribution in [0.1, 0.15) is 11.6 Å². The Labute approximate surface area is 71.8 Å². The van der Waals surface area contributed by atoms with Crippen LogP contribution in [-0.2, 0) is 19.3 Å². The number of hydrogen-bond acceptors (Lipinski definition) is 3. The quantitative estimate of drug-likeness (QED) is 0.647. The van der Waals surface area contributed by atoms with Gasteiger partial charge in [-0.15, -0.1) is 5.10 Å². The second-order valence-corrected chi connectivity index (χ2v) is 2.76. The topological polar surface area (TPSA) is 42.7 Å². The van der Waals surface area contributed by atoms with E-state index in [0.717, 1.165) is 0 Å². The standard InChI is InChI=1S/C6H7F3N4/c7-6(8,9)5-11-4-1-2-10-3-13(4)12-5/h10H,1-3H2. The molecule has 2 rings (SSSR count). The van der Waals surface area contributed by atoms with Crippen LogP contribution in [0.15, 0.2) is 0 Å². The molecule has 1 aromatic heterocycles. The molecule has 2 heterocycles. The van der Waals surface area contributed by atoms with E-state index in [-0.39, 0.29) is 0 Å². The summed E-state index contributed by atoms with van der Waals surface area (Å²) in [5.41, 5.74) is 0. The molecule has 0 amide bonds. The summed E-state index contributed by atoms with van der Waals surface area (Å²) in [4.78, 5) is 3.41. The van der Waals surface area contributed by atoms with E-state index in [1.807, 2.05) is 0 Å². The lowest BCUT2D eigenvalue weighted by molar-refractivity contribution is -0.145. The summed E-state index contributed by atoms with van der Waals surface area (Å²) in [5, 5.41) is 6.24. The predicted octanol–water partition coefficient (Wildman–Crippen LogP) is 0.400. The van der Waals surface area contributed by atoms with Gasteiger partial charge in [0.25, 0.3) is 5.82 Å². The SMILES string of the molecule is FC(F)(F)c1nc2n(n1)CNCC2. The van der Waals surface area contributed by atoms with Gasteiger partial charge in [0, 0.05) is 13.0 Å². The fourth-order valence-corrected chi connectivity index (χ4v) is 1.19. The lowest BCUT2D eigenvalue weighted by atomic mass is 10.4. The lowest BCUT2D eigenvalue weighted by Gasteiger charge is -2.11. The van der Waals surface area contributed by atoms with Gasteiger partial charge in [-0.05, 0) is 0 Å². The molecule has 72 valence electrons. The predicted molar refractivity (Wildman–Crippen MR) is 36.7 cm³/mol. The number of nitrogens with zero attached hydrogens (tertiary/aromatic N) is 3. The smallest absolute Gasteiger partial charge is 0.298 e. The largest absolute Gasteiger partial charge is 0.453 e. The Morgan fingerprint density at radius 3 is 2.77 bits per heavy atom. The highest BCUT2D eigenvalue weighted by Crippen LogP contribution is 2.26. The maximum absolute atomic E-state index is 12.1. The molecule has 0 atom stereocenters. The Bertz CT molecular complexity index is 293. The molecule has 1 aromatic rings. The van der Waals surface area contributed by atoms with Crippen molar-refractivity contribution >= 4 is 0 Å². The summed E-state index contributed by atoms with van der Waals surface area (Å²) in [6.07, 6.45) is -3.95. The highest BCUT2D eigenvalue weighted by Gasteiger charge is 2.37. The van der Waals surface area contributed by atoms with E-state index in [9.17, 15) is 13.2 Å². The summed E-state index contributed by atoms with van der Waals surface area (Å²) in [6, 6.07) is 0. The highest BCUT2D eigenvalue weighted by atomic mass is 19.4. The minimum atomic E-state index is -4.44. The Morgan fingerprint density at radius 2 is 2.15 bits per heavy atom. The Kier molecular flexibility index (Phi) is 1.76. The van der Waals surface area contributed by atoms with Gasteiger partial charge in [-0.25, -0.2) is 9.67 Å². The maximum atomic E-state index is 12.1. The van der Waals surface area contributed by atoms with Gasteiger partial charge in [0.2, 0.25) is 0 Å². The van der Waals surface area contributed by atoms with Crippen molar-refractivity contribution in [3.63, 3.8) is 0 Å². The molecule has 0 saturated heterocycles. The normalized spacial score (nSPS) is 17.2. The maximum Gasteiger partial charge on any atom is 0.453 e. The van der Waals surface area contributed by atoms with Crippen molar-refractivity contribution in [2.75, 3.05) is 6.54 Å². The summed E-state index contributed by atoms with van der Waals surface area (Å²) in [6.45, 7) is 0.953. The monoisotopic (exact) mass is 192 g/mol. The third-order valence-corrected chi connectivity index (χ3v) is 1.79. The zero-order chi connectivity index (χ0) is 9.47. The molecule has 1 aliphatic heterocycles. The van der Waals surface area contributed by atoms with Gasteiger partial charge < -0.3 is 0 Å². The first-order chi connectivity index (χ1) is 6.07. The number of aromatic nitrogens is 3. The molecule has 0 bridgehead atoms. The molecule has 1 aliphatic rings. The first kappa shape index (κ1) is 8.49. The van der Waals surface area contributed by atoms with Crippen LogP contribution < -0.4 is 5.32 Å². The van der Waals surface area contributed by atoms with Gasteiger partial charge >= 0.3 is 6.18 Å². The molecular weight excluding hydrogens is 185 g/mol. The molecule has 0 fully saturated rings. The van der Waals surface area contributed by atoms with Crippen LogP contribution in [0.3, 0.4) is 0 Å². The Morgan fingerprint density at radius 1 is 1.38 bits per heavy atom. The number of alkyl halides is 3. The van der Waals surface area contributed by atoms with E-state index < -0.39 is 12.0 Å². The summed E-state index contributed by atoms with van der Waals surface area (Å²) in [7, 11) is 0. The lowest BCUT2D eigenvalue weighted by Crippen LogP contribution is -2.29. The molecule has 0 aromatic carbocycles. The van der Waals surface area contributed by atoms with Crippen LogP contribution in [0.4, 0.5) is 13.2 Å². The van der Waals surface area contributed by atoms with Crippen LogP contribution in [0.25, 0.3) is 0 Å². The average molecular weight is 192 g/mol. The van der Waals surface area contributed by atoms with Crippen molar-refractivity contribution in [1.29, 1.82) is 0 Å². The van der Waals surface area contributed by atoms with Crippen LogP contribution in [0, 0.1) is 0 Å². The summed E-state index contributed by atoms with van der Waals surface area (Å²) >= 11 is 0. The number of nitrogens with one attached hydrogen (secondary N) is 1. The third-order valence-electron chi connectivity index (χ3n) is 1.79. The third kappa shape index (κ3) is 1.51. The Hall–Kier alpha value is -1.11. The highest BCUT2D eigenvalue weighted by molar-refractivity contribution is 4.98. The van der Waals surface area contributed by atoms with Crippen molar-refractivity contribution in [1.82, 2.24) is 20.1 Å². The summed E-state index contributed by atoms with van der Waals surface area (Å²) in [5.74, 6) is -0.655. The molecule has 0 unspecified atom stereocenters. The molecule has 1 N–H and O–H groups in total. The molecule has 0 saturated carbocycles. The Balaban J connectivity index is 2.36.